The molecule has 0 aliphatic carbocycles. The number of likely N-dealkylation sites (N-methyl/N-ethyl adjacent to an activating group) is 1. The molecule has 0 fully saturated rings. The third-order valence-corrected chi connectivity index (χ3v) is 5.46. The minimum atomic E-state index is 0.669. The van der Waals surface area contributed by atoms with Gasteiger partial charge in [0.1, 0.15) is 35.2 Å². The lowest BCUT2D eigenvalue weighted by Gasteiger charge is -2.11. The van der Waals surface area contributed by atoms with Crippen LogP contribution in [0.25, 0.3) is 22.3 Å². The highest BCUT2D eigenvalue weighted by Gasteiger charge is 2.17. The topological polar surface area (TPSA) is 44.1 Å². The number of hydrogen-bond acceptors (Lipinski definition) is 5. The van der Waals surface area contributed by atoms with Gasteiger partial charge in [-0.25, -0.2) is 0 Å². The zero-order valence-electron chi connectivity index (χ0n) is 19.1. The van der Waals surface area contributed by atoms with Crippen LogP contribution in [0.3, 0.4) is 0 Å². The fourth-order valence-electron chi connectivity index (χ4n) is 3.66. The summed E-state index contributed by atoms with van der Waals surface area (Å²) in [5.41, 5.74) is 4.17. The molecular weight excluding hydrogens is 402 g/mol. The Morgan fingerprint density at radius 1 is 0.781 bits per heavy atom. The van der Waals surface area contributed by atoms with Crippen LogP contribution in [-0.2, 0) is 6.42 Å². The predicted molar refractivity (Wildman–Crippen MR) is 128 cm³/mol. The molecule has 32 heavy (non-hydrogen) atoms. The van der Waals surface area contributed by atoms with Crippen molar-refractivity contribution in [2.45, 2.75) is 6.42 Å². The summed E-state index contributed by atoms with van der Waals surface area (Å²) < 4.78 is 22.9. The maximum Gasteiger partial charge on any atom is 0.138 e. The van der Waals surface area contributed by atoms with E-state index < -0.39 is 0 Å². The summed E-state index contributed by atoms with van der Waals surface area (Å²) in [6.07, 6.45) is 0.749. The highest BCUT2D eigenvalue weighted by Crippen LogP contribution is 2.37. The molecule has 5 nitrogen and oxygen atoms in total. The van der Waals surface area contributed by atoms with E-state index in [1.54, 1.807) is 14.2 Å². The van der Waals surface area contributed by atoms with Gasteiger partial charge in [-0.15, -0.1) is 0 Å². The van der Waals surface area contributed by atoms with Gasteiger partial charge in [-0.2, -0.15) is 0 Å². The SMILES string of the molecule is COc1ccc(-c2oc3cc(OC)ccc3c2Cc2ccc(OCCN(C)C)cc2)cc1. The molecule has 0 radical (unpaired) electrons. The molecule has 0 N–H and O–H groups in total. The Bertz CT molecular complexity index is 1160. The van der Waals surface area contributed by atoms with Crippen LogP contribution in [0.1, 0.15) is 11.1 Å². The minimum Gasteiger partial charge on any atom is -0.497 e. The monoisotopic (exact) mass is 431 g/mol. The standard InChI is InChI=1S/C27H29NO4/c1-28(2)15-16-31-22-9-5-19(6-10-22)17-25-24-14-13-23(30-4)18-26(24)32-27(25)20-7-11-21(29-3)12-8-20/h5-14,18H,15-17H2,1-4H3. The molecule has 4 rings (SSSR count). The second kappa shape index (κ2) is 9.79. The maximum atomic E-state index is 6.32. The van der Waals surface area contributed by atoms with Crippen LogP contribution >= 0.6 is 0 Å². The normalized spacial score (nSPS) is 11.2. The lowest BCUT2D eigenvalue weighted by Crippen LogP contribution is -2.19. The molecule has 0 atom stereocenters. The van der Waals surface area contributed by atoms with Crippen LogP contribution in [-0.4, -0.2) is 46.4 Å². The van der Waals surface area contributed by atoms with Crippen molar-refractivity contribution in [1.29, 1.82) is 0 Å². The zero-order chi connectivity index (χ0) is 22.5. The van der Waals surface area contributed by atoms with Crippen molar-refractivity contribution in [2.75, 3.05) is 41.5 Å². The molecule has 0 saturated heterocycles. The average Bonchev–Trinajstić information content (AvgIpc) is 3.17. The molecule has 0 bridgehead atoms. The van der Waals surface area contributed by atoms with Gasteiger partial charge in [0.15, 0.2) is 0 Å². The van der Waals surface area contributed by atoms with Gasteiger partial charge in [0.2, 0.25) is 0 Å². The molecule has 0 amide bonds. The first kappa shape index (κ1) is 21.8. The molecule has 0 aliphatic heterocycles. The van der Waals surface area contributed by atoms with Crippen LogP contribution in [0.5, 0.6) is 17.2 Å². The summed E-state index contributed by atoms with van der Waals surface area (Å²) >= 11 is 0. The lowest BCUT2D eigenvalue weighted by molar-refractivity contribution is 0.261. The Labute approximate surface area is 189 Å². The van der Waals surface area contributed by atoms with Crippen LogP contribution in [0.4, 0.5) is 0 Å². The average molecular weight is 432 g/mol. The van der Waals surface area contributed by atoms with Crippen LogP contribution < -0.4 is 14.2 Å². The number of benzene rings is 3. The fourth-order valence-corrected chi connectivity index (χ4v) is 3.66. The second-order valence-electron chi connectivity index (χ2n) is 7.97. The van der Waals surface area contributed by atoms with E-state index in [0.29, 0.717) is 6.61 Å². The Kier molecular flexibility index (Phi) is 6.66. The Hall–Kier alpha value is -3.44. The number of nitrogens with zero attached hydrogens (tertiary/aromatic N) is 1. The largest absolute Gasteiger partial charge is 0.497 e. The first-order chi connectivity index (χ1) is 15.6. The van der Waals surface area contributed by atoms with Crippen molar-refractivity contribution >= 4 is 11.0 Å². The van der Waals surface area contributed by atoms with Gasteiger partial charge in [-0.05, 0) is 68.2 Å². The summed E-state index contributed by atoms with van der Waals surface area (Å²) in [6, 6.07) is 22.2. The maximum absolute atomic E-state index is 6.32. The van der Waals surface area contributed by atoms with Crippen LogP contribution in [0.2, 0.25) is 0 Å². The first-order valence-corrected chi connectivity index (χ1v) is 10.7. The first-order valence-electron chi connectivity index (χ1n) is 10.7. The van der Waals surface area contributed by atoms with Gasteiger partial charge >= 0.3 is 0 Å². The molecule has 1 aromatic heterocycles. The predicted octanol–water partition coefficient (Wildman–Crippen LogP) is 5.65. The van der Waals surface area contributed by atoms with Crippen LogP contribution in [0, 0.1) is 0 Å². The molecule has 4 aromatic rings. The molecule has 0 aliphatic rings. The number of furan rings is 1. The van der Waals surface area contributed by atoms with E-state index in [2.05, 4.69) is 23.1 Å². The highest BCUT2D eigenvalue weighted by atomic mass is 16.5. The molecule has 166 valence electrons. The van der Waals surface area contributed by atoms with Crippen LogP contribution in [0.15, 0.2) is 71.1 Å². The zero-order valence-corrected chi connectivity index (χ0v) is 19.1. The molecule has 0 unspecified atom stereocenters. The molecule has 0 spiro atoms. The van der Waals surface area contributed by atoms with E-state index in [1.165, 1.54) is 5.56 Å². The third-order valence-electron chi connectivity index (χ3n) is 5.46. The Morgan fingerprint density at radius 2 is 1.44 bits per heavy atom. The Morgan fingerprint density at radius 3 is 2.09 bits per heavy atom. The van der Waals surface area contributed by atoms with Gasteiger partial charge < -0.3 is 23.5 Å². The highest BCUT2D eigenvalue weighted by molar-refractivity contribution is 5.89. The summed E-state index contributed by atoms with van der Waals surface area (Å²) in [6.45, 7) is 1.56. The molecule has 1 heterocycles. The van der Waals surface area contributed by atoms with Gasteiger partial charge in [0.25, 0.3) is 0 Å². The summed E-state index contributed by atoms with van der Waals surface area (Å²) in [5.74, 6) is 3.34. The van der Waals surface area contributed by atoms with Gasteiger partial charge in [0, 0.05) is 35.5 Å². The van der Waals surface area contributed by atoms with E-state index >= 15 is 0 Å². The second-order valence-corrected chi connectivity index (χ2v) is 7.97. The van der Waals surface area contributed by atoms with Gasteiger partial charge in [0.05, 0.1) is 14.2 Å². The fraction of sp³-hybridized carbons (Fsp3) is 0.259. The van der Waals surface area contributed by atoms with Crippen molar-refractivity contribution in [2.24, 2.45) is 0 Å². The quantitative estimate of drug-likeness (QED) is 0.343. The van der Waals surface area contributed by atoms with E-state index in [9.17, 15) is 0 Å². The summed E-state index contributed by atoms with van der Waals surface area (Å²) in [4.78, 5) is 2.11. The number of methoxy groups -OCH3 is 2. The summed E-state index contributed by atoms with van der Waals surface area (Å²) in [5, 5.41) is 1.09. The van der Waals surface area contributed by atoms with Crippen molar-refractivity contribution in [3.05, 3.63) is 77.9 Å². The van der Waals surface area contributed by atoms with E-state index in [4.69, 9.17) is 18.6 Å². The van der Waals surface area contributed by atoms with E-state index in [-0.39, 0.29) is 0 Å². The molecular formula is C27H29NO4. The minimum absolute atomic E-state index is 0.669. The number of fused-ring (bicyclic) bond motifs is 1. The van der Waals surface area contributed by atoms with E-state index in [0.717, 1.165) is 58.1 Å². The smallest absolute Gasteiger partial charge is 0.138 e. The van der Waals surface area contributed by atoms with Gasteiger partial charge in [-0.1, -0.05) is 12.1 Å². The van der Waals surface area contributed by atoms with Crippen molar-refractivity contribution in [1.82, 2.24) is 4.90 Å². The molecule has 3 aromatic carbocycles. The third kappa shape index (κ3) is 4.89. The van der Waals surface area contributed by atoms with E-state index in [1.807, 2.05) is 62.6 Å². The number of rotatable bonds is 9. The molecule has 0 saturated carbocycles. The summed E-state index contributed by atoms with van der Waals surface area (Å²) in [7, 11) is 7.41. The lowest BCUT2D eigenvalue weighted by atomic mass is 9.98. The molecule has 5 heteroatoms. The van der Waals surface area contributed by atoms with Crippen molar-refractivity contribution < 1.29 is 18.6 Å². The number of ether oxygens (including phenoxy) is 3. The Balaban J connectivity index is 1.65. The number of hydrogen-bond donors (Lipinski definition) is 0. The van der Waals surface area contributed by atoms with Crippen molar-refractivity contribution in [3.8, 4) is 28.6 Å². The van der Waals surface area contributed by atoms with Crippen molar-refractivity contribution in [3.63, 3.8) is 0 Å². The van der Waals surface area contributed by atoms with Gasteiger partial charge in [-0.3, -0.25) is 0 Å².